The number of ketones is 1. The number of esters is 1. The van der Waals surface area contributed by atoms with Gasteiger partial charge in [0.1, 0.15) is 29.6 Å². The molecule has 31 unspecified atom stereocenters. The predicted molar refractivity (Wildman–Crippen MR) is 318 cm³/mol. The van der Waals surface area contributed by atoms with Crippen molar-refractivity contribution in [3.05, 3.63) is 58.9 Å². The summed E-state index contributed by atoms with van der Waals surface area (Å²) < 4.78 is 71.8. The molecule has 2 bridgehead atoms. The summed E-state index contributed by atoms with van der Waals surface area (Å²) in [6.07, 6.45) is 0.521. The zero-order valence-corrected chi connectivity index (χ0v) is 53.9. The highest BCUT2D eigenvalue weighted by molar-refractivity contribution is 6.26. The molecule has 0 aromatic rings. The third-order valence-corrected chi connectivity index (χ3v) is 21.6. The lowest BCUT2D eigenvalue weighted by molar-refractivity contribution is -0.352. The zero-order valence-electron chi connectivity index (χ0n) is 53.9. The van der Waals surface area contributed by atoms with E-state index < -0.39 is 169 Å². The van der Waals surface area contributed by atoms with Gasteiger partial charge in [-0.2, -0.15) is 0 Å². The van der Waals surface area contributed by atoms with Crippen LogP contribution in [0.2, 0.25) is 0 Å². The molecule has 21 nitrogen and oxygen atoms in total. The summed E-state index contributed by atoms with van der Waals surface area (Å²) in [7, 11) is 0. The average molecular weight is 1240 g/mol. The quantitative estimate of drug-likeness (QED) is 0.0615. The molecule has 88 heavy (non-hydrogen) atoms. The number of aliphatic hydroxyl groups excluding tert-OH is 5. The van der Waals surface area contributed by atoms with Crippen molar-refractivity contribution in [2.45, 2.75) is 289 Å². The van der Waals surface area contributed by atoms with Crippen LogP contribution in [0, 0.1) is 52.8 Å². The van der Waals surface area contributed by atoms with E-state index in [4.69, 9.17) is 52.1 Å². The SMILES string of the molecule is CCC1C=CC2/C=C(\C)C(OC3CC(C)(O)C(NC(C)=O)C(C)O3)C(C)/C=C(/C)C3C=CC4C(OC5CC(O)C(OC6CC(OC7CCC(O)C(C)O7)C(OC7CC(O)C(O)C(C)O7)C(C)O6)C(C)O5)C(C)CC(C)C4C3(C)C(O)=C3C(=O)OC2(C1)C3=O. The molecule has 21 heteroatoms. The van der Waals surface area contributed by atoms with Crippen LogP contribution in [-0.4, -0.2) is 182 Å². The van der Waals surface area contributed by atoms with E-state index in [1.807, 2.05) is 53.7 Å². The summed E-state index contributed by atoms with van der Waals surface area (Å²) in [6.45, 7) is 26.2. The number of ether oxygens (including phenoxy) is 11. The number of fused-ring (bicyclic) bond motifs is 4. The van der Waals surface area contributed by atoms with Crippen molar-refractivity contribution >= 4 is 17.7 Å². The van der Waals surface area contributed by atoms with Gasteiger partial charge >= 0.3 is 5.97 Å². The summed E-state index contributed by atoms with van der Waals surface area (Å²) in [5.74, 6) is -4.60. The Bertz CT molecular complexity index is 2670. The van der Waals surface area contributed by atoms with Crippen LogP contribution in [-0.2, 0) is 66.5 Å². The largest absolute Gasteiger partial charge is 0.511 e. The van der Waals surface area contributed by atoms with E-state index in [1.165, 1.54) is 6.92 Å². The van der Waals surface area contributed by atoms with Crippen LogP contribution < -0.4 is 5.32 Å². The van der Waals surface area contributed by atoms with E-state index >= 15 is 4.79 Å². The van der Waals surface area contributed by atoms with Gasteiger partial charge in [0, 0.05) is 74.5 Å². The Kier molecular flexibility index (Phi) is 20.3. The second-order valence-electron chi connectivity index (χ2n) is 28.3. The molecule has 1 saturated carbocycles. The maximum absolute atomic E-state index is 15.6. The first-order chi connectivity index (χ1) is 41.4. The molecule has 6 aliphatic heterocycles. The van der Waals surface area contributed by atoms with Gasteiger partial charge in [0.05, 0.1) is 78.8 Å². The van der Waals surface area contributed by atoms with Gasteiger partial charge in [-0.1, -0.05) is 76.6 Å². The van der Waals surface area contributed by atoms with Crippen LogP contribution in [0.3, 0.4) is 0 Å². The molecule has 6 heterocycles. The number of rotatable bonds is 12. The second-order valence-corrected chi connectivity index (χ2v) is 28.3. The monoisotopic (exact) mass is 1240 g/mol. The van der Waals surface area contributed by atoms with Crippen LogP contribution in [0.25, 0.3) is 0 Å². The molecular weight excluding hydrogens is 1140 g/mol. The first-order valence-corrected chi connectivity index (χ1v) is 32.7. The maximum Gasteiger partial charge on any atom is 0.346 e. The maximum atomic E-state index is 15.6. The normalized spacial score (nSPS) is 51.2. The van der Waals surface area contributed by atoms with Gasteiger partial charge in [0.15, 0.2) is 37.1 Å². The lowest BCUT2D eigenvalue weighted by Gasteiger charge is -2.57. The zero-order chi connectivity index (χ0) is 63.8. The Labute approximate surface area is 518 Å². The van der Waals surface area contributed by atoms with Crippen LogP contribution in [0.5, 0.6) is 0 Å². The van der Waals surface area contributed by atoms with E-state index in [0.717, 1.165) is 11.1 Å². The highest BCUT2D eigenvalue weighted by Gasteiger charge is 2.64. The molecule has 10 aliphatic rings. The molecular formula is C67H101NO20. The van der Waals surface area contributed by atoms with Gasteiger partial charge in [-0.25, -0.2) is 4.79 Å². The van der Waals surface area contributed by atoms with Crippen LogP contribution in [0.4, 0.5) is 0 Å². The third kappa shape index (κ3) is 13.1. The van der Waals surface area contributed by atoms with Crippen LogP contribution in [0.15, 0.2) is 58.9 Å². The Balaban J connectivity index is 0.913. The molecule has 1 amide bonds. The number of carbonyl (C=O) groups is 3. The van der Waals surface area contributed by atoms with Gasteiger partial charge in [-0.3, -0.25) is 9.59 Å². The first kappa shape index (κ1) is 67.4. The second kappa shape index (κ2) is 26.5. The molecule has 0 radical (unpaired) electrons. The smallest absolute Gasteiger partial charge is 0.346 e. The Morgan fingerprint density at radius 1 is 0.648 bits per heavy atom. The van der Waals surface area contributed by atoms with E-state index in [2.05, 4.69) is 50.4 Å². The van der Waals surface area contributed by atoms with E-state index in [9.17, 15) is 40.2 Å². The van der Waals surface area contributed by atoms with E-state index in [1.54, 1.807) is 27.7 Å². The summed E-state index contributed by atoms with van der Waals surface area (Å²) in [5.41, 5.74) is -3.02. The lowest BCUT2D eigenvalue weighted by Crippen LogP contribution is -2.62. The molecule has 7 N–H and O–H groups in total. The van der Waals surface area contributed by atoms with Crippen molar-refractivity contribution in [3.8, 4) is 0 Å². The van der Waals surface area contributed by atoms with Crippen LogP contribution >= 0.6 is 0 Å². The number of aliphatic hydroxyl groups is 6. The van der Waals surface area contributed by atoms with Crippen molar-refractivity contribution in [1.29, 1.82) is 0 Å². The van der Waals surface area contributed by atoms with Crippen LogP contribution in [0.1, 0.15) is 155 Å². The fourth-order valence-electron chi connectivity index (χ4n) is 17.0. The minimum Gasteiger partial charge on any atom is -0.511 e. The molecule has 4 aliphatic carbocycles. The minimum absolute atomic E-state index is 0.0322. The van der Waals surface area contributed by atoms with Crippen molar-refractivity contribution < 1.29 is 97.1 Å². The average Bonchev–Trinajstić information content (AvgIpc) is 1.99. The molecule has 6 saturated heterocycles. The molecule has 31 atom stereocenters. The standard InChI is InChI=1S/C67H101NO20/c1-15-41-16-17-42-24-34(6)57(87-53-29-65(13,77)61(39(11)82-53)68-40(12)69)32(4)22-30(2)44-19-18-43-55(66(44,14)62(74)54-63(75)67(42,28-41)88-64(54)76)31(3)23-33(5)58(43)84-51-26-47(72)59(37(9)80-51)85-52-27-48(83-49-21-20-45(70)35(7)78-49)60(38(10)81-52)86-50-25-46(71)56(73)36(8)79-50/h16-19,22,24,31-33,35-39,41-53,55-61,70-74,77H,15,20-21,23,25-29H2,1-14H3,(H,68,69)/b30-22-,34-24+,62-54?. The molecule has 1 spiro atoms. The minimum atomic E-state index is -1.65. The van der Waals surface area contributed by atoms with Gasteiger partial charge in [-0.15, -0.1) is 0 Å². The Hall–Kier alpha value is -3.49. The predicted octanol–water partition coefficient (Wildman–Crippen LogP) is 6.60. The van der Waals surface area contributed by atoms with Crippen molar-refractivity contribution in [3.63, 3.8) is 0 Å². The van der Waals surface area contributed by atoms with Gasteiger partial charge < -0.3 is 88.1 Å². The number of Topliss-reactive ketones (excluding diaryl/α,β-unsaturated/α-hetero) is 1. The molecule has 0 aromatic heterocycles. The first-order valence-electron chi connectivity index (χ1n) is 32.7. The van der Waals surface area contributed by atoms with E-state index in [0.29, 0.717) is 25.7 Å². The lowest BCUT2D eigenvalue weighted by atomic mass is 9.49. The third-order valence-electron chi connectivity index (χ3n) is 21.6. The summed E-state index contributed by atoms with van der Waals surface area (Å²) in [6, 6.07) is -0.684. The molecule has 494 valence electrons. The number of allylic oxidation sites excluding steroid dienone is 4. The summed E-state index contributed by atoms with van der Waals surface area (Å²) in [5, 5.41) is 71.4. The highest BCUT2D eigenvalue weighted by Crippen LogP contribution is 2.61. The topological polar surface area (TPSA) is 286 Å². The molecule has 0 aromatic carbocycles. The Morgan fingerprint density at radius 3 is 1.92 bits per heavy atom. The van der Waals surface area contributed by atoms with Crippen molar-refractivity contribution in [2.24, 2.45) is 52.8 Å². The summed E-state index contributed by atoms with van der Waals surface area (Å²) in [4.78, 5) is 42.6. The number of amides is 1. The number of hydrogen-bond donors (Lipinski definition) is 7. The number of hydrogen-bond acceptors (Lipinski definition) is 20. The number of nitrogens with one attached hydrogen (secondary N) is 1. The Morgan fingerprint density at radius 2 is 1.27 bits per heavy atom. The van der Waals surface area contributed by atoms with Gasteiger partial charge in [0.25, 0.3) is 0 Å². The molecule has 10 rings (SSSR count). The molecule has 7 fully saturated rings. The number of carbonyl (C=O) groups excluding carboxylic acids is 3. The van der Waals surface area contributed by atoms with E-state index in [-0.39, 0.29) is 78.9 Å². The fourth-order valence-corrected chi connectivity index (χ4v) is 17.0. The summed E-state index contributed by atoms with van der Waals surface area (Å²) >= 11 is 0. The van der Waals surface area contributed by atoms with Crippen molar-refractivity contribution in [2.75, 3.05) is 0 Å². The van der Waals surface area contributed by atoms with Gasteiger partial charge in [-0.05, 0) is 104 Å². The highest BCUT2D eigenvalue weighted by atomic mass is 16.8. The van der Waals surface area contributed by atoms with Gasteiger partial charge in [0.2, 0.25) is 11.7 Å². The fraction of sp³-hybridized carbons (Fsp3) is 0.806. The van der Waals surface area contributed by atoms with Crippen molar-refractivity contribution in [1.82, 2.24) is 5.32 Å².